The Labute approximate surface area is 171 Å². The molecule has 0 aliphatic carbocycles. The molecule has 0 spiro atoms. The SMILES string of the molecule is O=C(CSc1ncc(-c2ccc(Cl)cc2)o1)c1ccc(N2CCCC2=O)cc1. The highest BCUT2D eigenvalue weighted by Gasteiger charge is 2.21. The maximum absolute atomic E-state index is 12.4. The second kappa shape index (κ2) is 8.20. The van der Waals surface area contributed by atoms with Crippen LogP contribution in [0.25, 0.3) is 11.3 Å². The van der Waals surface area contributed by atoms with Crippen LogP contribution in [0.3, 0.4) is 0 Å². The van der Waals surface area contributed by atoms with Crippen molar-refractivity contribution in [3.8, 4) is 11.3 Å². The molecule has 2 aromatic carbocycles. The fourth-order valence-corrected chi connectivity index (χ4v) is 3.85. The fraction of sp³-hybridized carbons (Fsp3) is 0.190. The molecule has 0 radical (unpaired) electrons. The number of rotatable bonds is 6. The summed E-state index contributed by atoms with van der Waals surface area (Å²) in [6.07, 6.45) is 3.10. The number of halogens is 1. The summed E-state index contributed by atoms with van der Waals surface area (Å²) in [5, 5.41) is 1.10. The Morgan fingerprint density at radius 3 is 2.57 bits per heavy atom. The number of hydrogen-bond donors (Lipinski definition) is 0. The largest absolute Gasteiger partial charge is 0.431 e. The summed E-state index contributed by atoms with van der Waals surface area (Å²) in [5.74, 6) is 0.972. The van der Waals surface area contributed by atoms with Crippen molar-refractivity contribution >= 4 is 40.7 Å². The van der Waals surface area contributed by atoms with Crippen LogP contribution < -0.4 is 4.90 Å². The number of carbonyl (C=O) groups excluding carboxylic acids is 2. The first-order valence-electron chi connectivity index (χ1n) is 8.88. The summed E-state index contributed by atoms with van der Waals surface area (Å²) in [4.78, 5) is 30.2. The van der Waals surface area contributed by atoms with Crippen molar-refractivity contribution in [1.29, 1.82) is 0 Å². The van der Waals surface area contributed by atoms with Crippen molar-refractivity contribution < 1.29 is 14.0 Å². The van der Waals surface area contributed by atoms with Crippen molar-refractivity contribution in [3.63, 3.8) is 0 Å². The molecule has 1 amide bonds. The number of Topliss-reactive ketones (excluding diaryl/α,β-unsaturated/α-hetero) is 1. The smallest absolute Gasteiger partial charge is 0.256 e. The number of aromatic nitrogens is 1. The van der Waals surface area contributed by atoms with Crippen molar-refractivity contribution in [2.45, 2.75) is 18.1 Å². The van der Waals surface area contributed by atoms with Crippen LogP contribution in [0, 0.1) is 0 Å². The lowest BCUT2D eigenvalue weighted by atomic mass is 10.1. The van der Waals surface area contributed by atoms with Gasteiger partial charge in [-0.05, 0) is 55.0 Å². The van der Waals surface area contributed by atoms with E-state index in [0.29, 0.717) is 28.0 Å². The molecule has 1 saturated heterocycles. The first-order chi connectivity index (χ1) is 13.6. The van der Waals surface area contributed by atoms with Crippen molar-refractivity contribution in [2.24, 2.45) is 0 Å². The summed E-state index contributed by atoms with van der Waals surface area (Å²) < 4.78 is 5.71. The number of ketones is 1. The van der Waals surface area contributed by atoms with Gasteiger partial charge in [0.05, 0.1) is 11.9 Å². The first-order valence-corrected chi connectivity index (χ1v) is 10.2. The Hall–Kier alpha value is -2.57. The van der Waals surface area contributed by atoms with Gasteiger partial charge in [0.2, 0.25) is 5.91 Å². The molecule has 4 rings (SSSR count). The highest BCUT2D eigenvalue weighted by molar-refractivity contribution is 7.99. The Morgan fingerprint density at radius 1 is 1.14 bits per heavy atom. The molecule has 0 bridgehead atoms. The van der Waals surface area contributed by atoms with E-state index < -0.39 is 0 Å². The lowest BCUT2D eigenvalue weighted by Gasteiger charge is -2.15. The van der Waals surface area contributed by atoms with Crippen LogP contribution in [0.4, 0.5) is 5.69 Å². The Morgan fingerprint density at radius 2 is 1.89 bits per heavy atom. The minimum Gasteiger partial charge on any atom is -0.431 e. The van der Waals surface area contributed by atoms with Crippen molar-refractivity contribution in [2.75, 3.05) is 17.2 Å². The maximum Gasteiger partial charge on any atom is 0.256 e. The van der Waals surface area contributed by atoms with Crippen LogP contribution in [0.2, 0.25) is 5.02 Å². The standard InChI is InChI=1S/C21H17ClN2O3S/c22-16-7-3-15(4-8-16)19-12-23-21(27-19)28-13-18(25)14-5-9-17(10-6-14)24-11-1-2-20(24)26/h3-10,12H,1-2,11,13H2. The average Bonchev–Trinajstić information content (AvgIpc) is 3.36. The van der Waals surface area contributed by atoms with E-state index in [-0.39, 0.29) is 17.4 Å². The Balaban J connectivity index is 1.36. The van der Waals surface area contributed by atoms with Crippen LogP contribution in [0.15, 0.2) is 64.4 Å². The second-order valence-corrected chi connectivity index (χ2v) is 7.77. The van der Waals surface area contributed by atoms with Crippen LogP contribution >= 0.6 is 23.4 Å². The van der Waals surface area contributed by atoms with Gasteiger partial charge in [0.15, 0.2) is 11.5 Å². The summed E-state index contributed by atoms with van der Waals surface area (Å²) in [6.45, 7) is 0.738. The topological polar surface area (TPSA) is 63.4 Å². The quantitative estimate of drug-likeness (QED) is 0.416. The molecule has 0 saturated carbocycles. The van der Waals surface area contributed by atoms with Gasteiger partial charge in [0.1, 0.15) is 0 Å². The van der Waals surface area contributed by atoms with Crippen LogP contribution in [-0.2, 0) is 4.79 Å². The number of oxazole rings is 1. The number of thioether (sulfide) groups is 1. The molecular formula is C21H17ClN2O3S. The molecular weight excluding hydrogens is 396 g/mol. The fourth-order valence-electron chi connectivity index (χ4n) is 3.03. The molecule has 2 heterocycles. The van der Waals surface area contributed by atoms with Crippen LogP contribution in [-0.4, -0.2) is 29.0 Å². The van der Waals surface area contributed by atoms with Gasteiger partial charge < -0.3 is 9.32 Å². The normalized spacial score (nSPS) is 13.9. The minimum absolute atomic E-state index is 0.0180. The average molecular weight is 413 g/mol. The zero-order valence-corrected chi connectivity index (χ0v) is 16.5. The predicted octanol–water partition coefficient (Wildman–Crippen LogP) is 5.10. The Bertz CT molecular complexity index is 999. The van der Waals surface area contributed by atoms with Gasteiger partial charge in [-0.3, -0.25) is 9.59 Å². The molecule has 5 nitrogen and oxygen atoms in total. The Kier molecular flexibility index (Phi) is 5.50. The third-order valence-electron chi connectivity index (χ3n) is 4.51. The van der Waals surface area contributed by atoms with Gasteiger partial charge in [0.25, 0.3) is 5.22 Å². The molecule has 28 heavy (non-hydrogen) atoms. The van der Waals surface area contributed by atoms with Gasteiger partial charge in [-0.15, -0.1) is 0 Å². The van der Waals surface area contributed by atoms with E-state index >= 15 is 0 Å². The van der Waals surface area contributed by atoms with Crippen molar-refractivity contribution in [3.05, 3.63) is 65.3 Å². The number of amides is 1. The number of hydrogen-bond acceptors (Lipinski definition) is 5. The highest BCUT2D eigenvalue weighted by atomic mass is 35.5. The summed E-state index contributed by atoms with van der Waals surface area (Å²) >= 11 is 7.15. The molecule has 0 N–H and O–H groups in total. The van der Waals surface area contributed by atoms with Crippen molar-refractivity contribution in [1.82, 2.24) is 4.98 Å². The van der Waals surface area contributed by atoms with Gasteiger partial charge in [-0.25, -0.2) is 4.98 Å². The second-order valence-electron chi connectivity index (χ2n) is 6.40. The van der Waals surface area contributed by atoms with Gasteiger partial charge >= 0.3 is 0 Å². The molecule has 0 atom stereocenters. The van der Waals surface area contributed by atoms with Gasteiger partial charge in [-0.1, -0.05) is 23.4 Å². The van der Waals surface area contributed by atoms with E-state index in [1.807, 2.05) is 24.3 Å². The van der Waals surface area contributed by atoms with E-state index in [2.05, 4.69) is 4.98 Å². The van der Waals surface area contributed by atoms with Gasteiger partial charge in [-0.2, -0.15) is 0 Å². The maximum atomic E-state index is 12.4. The minimum atomic E-state index is -0.0180. The zero-order valence-electron chi connectivity index (χ0n) is 14.9. The molecule has 1 fully saturated rings. The summed E-state index contributed by atoms with van der Waals surface area (Å²) in [6, 6.07) is 14.5. The molecule has 3 aromatic rings. The molecule has 1 aliphatic heterocycles. The number of benzene rings is 2. The number of nitrogens with zero attached hydrogens (tertiary/aromatic N) is 2. The van der Waals surface area contributed by atoms with E-state index in [1.165, 1.54) is 11.8 Å². The van der Waals surface area contributed by atoms with E-state index in [0.717, 1.165) is 24.2 Å². The van der Waals surface area contributed by atoms with E-state index in [1.54, 1.807) is 35.4 Å². The van der Waals surface area contributed by atoms with Gasteiger partial charge in [0, 0.05) is 34.8 Å². The summed E-state index contributed by atoms with van der Waals surface area (Å²) in [7, 11) is 0. The third-order valence-corrected chi connectivity index (χ3v) is 5.61. The lowest BCUT2D eigenvalue weighted by Crippen LogP contribution is -2.23. The molecule has 1 aliphatic rings. The lowest BCUT2D eigenvalue weighted by molar-refractivity contribution is -0.117. The zero-order chi connectivity index (χ0) is 19.5. The number of anilines is 1. The molecule has 0 unspecified atom stereocenters. The van der Waals surface area contributed by atoms with Crippen LogP contribution in [0.5, 0.6) is 0 Å². The molecule has 142 valence electrons. The first kappa shape index (κ1) is 18.8. The predicted molar refractivity (Wildman–Crippen MR) is 110 cm³/mol. The number of carbonyl (C=O) groups is 2. The monoisotopic (exact) mass is 412 g/mol. The molecule has 7 heteroatoms. The third kappa shape index (κ3) is 4.13. The molecule has 1 aromatic heterocycles. The van der Waals surface area contributed by atoms with E-state index in [9.17, 15) is 9.59 Å². The highest BCUT2D eigenvalue weighted by Crippen LogP contribution is 2.27. The van der Waals surface area contributed by atoms with E-state index in [4.69, 9.17) is 16.0 Å². The van der Waals surface area contributed by atoms with Crippen LogP contribution in [0.1, 0.15) is 23.2 Å². The summed E-state index contributed by atoms with van der Waals surface area (Å²) in [5.41, 5.74) is 2.32.